The number of nitrogens with zero attached hydrogens (tertiary/aromatic N) is 7. The van der Waals surface area contributed by atoms with Crippen LogP contribution in [0.4, 0.5) is 4.39 Å². The van der Waals surface area contributed by atoms with E-state index < -0.39 is 53.6 Å². The zero-order chi connectivity index (χ0) is 48.9. The number of aryl methyl sites for hydroxylation is 1. The summed E-state index contributed by atoms with van der Waals surface area (Å²) in [6.45, 7) is 3.94. The Morgan fingerprint density at radius 1 is 0.956 bits per heavy atom. The van der Waals surface area contributed by atoms with E-state index >= 15 is 14.0 Å². The van der Waals surface area contributed by atoms with Crippen molar-refractivity contribution in [1.82, 2.24) is 39.5 Å². The standard InChI is InChI=1S/C51H59Cl2FN8O6/c1-32-10-8-11-39(56-32)22-36-23-47(63)62(28-41-42(54)24-38(53)25-45(41)68-40-18-14-35(15-19-40)44-27-55-46(59(44)5)29-58(3)4)33(2)48(64)57-43(30-67-7)50(66)60(6)51(20-9-21-61(31-51)49(36)65)26-34-12-16-37(52)17-13-34/h8,10-19,24-25,27,33,36,43H,9,20-23,26,28-31H2,1-7H3,(H,57,64)/t33-,36+,43-,51+/m0/s1. The molecule has 2 bridgehead atoms. The fourth-order valence-electron chi connectivity index (χ4n) is 9.26. The lowest BCUT2D eigenvalue weighted by Crippen LogP contribution is -2.65. The minimum Gasteiger partial charge on any atom is -0.457 e. The Labute approximate surface area is 407 Å². The van der Waals surface area contributed by atoms with Crippen LogP contribution in [-0.2, 0) is 56.9 Å². The summed E-state index contributed by atoms with van der Waals surface area (Å²) in [6.07, 6.45) is 3.10. The number of carbonyl (C=O) groups excluding carboxylic acids is 4. The molecule has 17 heteroatoms. The molecule has 5 aromatic rings. The van der Waals surface area contributed by atoms with E-state index in [1.807, 2.05) is 80.0 Å². The van der Waals surface area contributed by atoms with E-state index in [-0.39, 0.29) is 48.2 Å². The van der Waals surface area contributed by atoms with Gasteiger partial charge in [0.1, 0.15) is 35.2 Å². The number of carbonyl (C=O) groups is 4. The summed E-state index contributed by atoms with van der Waals surface area (Å²) in [5, 5.41) is 3.48. The molecule has 14 nitrogen and oxygen atoms in total. The van der Waals surface area contributed by atoms with E-state index in [0.29, 0.717) is 48.8 Å². The average Bonchev–Trinajstić information content (AvgIpc) is 3.66. The summed E-state index contributed by atoms with van der Waals surface area (Å²) in [7, 11) is 9.02. The number of aromatic nitrogens is 3. The predicted octanol–water partition coefficient (Wildman–Crippen LogP) is 7.26. The molecule has 4 amide bonds. The third-order valence-electron chi connectivity index (χ3n) is 13.0. The fourth-order valence-corrected chi connectivity index (χ4v) is 9.58. The van der Waals surface area contributed by atoms with Crippen LogP contribution in [0.3, 0.4) is 0 Å². The monoisotopic (exact) mass is 968 g/mol. The Bertz CT molecular complexity index is 2630. The number of hydrogen-bond donors (Lipinski definition) is 1. The second kappa shape index (κ2) is 21.6. The maximum atomic E-state index is 16.4. The lowest BCUT2D eigenvalue weighted by atomic mass is 9.80. The van der Waals surface area contributed by atoms with Crippen LogP contribution in [0, 0.1) is 18.7 Å². The third-order valence-corrected chi connectivity index (χ3v) is 13.5. The Kier molecular flexibility index (Phi) is 15.9. The SMILES string of the molecule is COC[C@@H]1NC(=O)[C@H](C)N(Cc2c(F)cc(Cl)cc2Oc2ccc(-c3cnc(CN(C)C)n3C)cc2)C(=O)C[C@@H](Cc2cccc(C)n2)C(=O)N2CCC[C@@](Cc3ccc(Cl)cc3)(C2)N(C)C1=O. The number of benzene rings is 3. The molecule has 2 aromatic heterocycles. The number of likely N-dealkylation sites (N-methyl/N-ethyl adjacent to an activating group) is 1. The van der Waals surface area contributed by atoms with Crippen LogP contribution in [0.15, 0.2) is 85.1 Å². The molecule has 0 radical (unpaired) electrons. The van der Waals surface area contributed by atoms with Gasteiger partial charge in [0.15, 0.2) is 0 Å². The van der Waals surface area contributed by atoms with E-state index in [9.17, 15) is 9.59 Å². The van der Waals surface area contributed by atoms with Crippen LogP contribution in [0.1, 0.15) is 54.5 Å². The highest BCUT2D eigenvalue weighted by Gasteiger charge is 2.46. The number of rotatable bonds is 13. The summed E-state index contributed by atoms with van der Waals surface area (Å²) in [5.41, 5.74) is 3.08. The Morgan fingerprint density at radius 2 is 1.69 bits per heavy atom. The molecular weight excluding hydrogens is 911 g/mol. The predicted molar refractivity (Wildman–Crippen MR) is 259 cm³/mol. The van der Waals surface area contributed by atoms with Gasteiger partial charge < -0.3 is 39.0 Å². The molecule has 0 saturated carbocycles. The van der Waals surface area contributed by atoms with Crippen molar-refractivity contribution in [3.63, 3.8) is 0 Å². The first-order chi connectivity index (χ1) is 32.4. The van der Waals surface area contributed by atoms with Crippen LogP contribution in [0.25, 0.3) is 11.3 Å². The van der Waals surface area contributed by atoms with Crippen molar-refractivity contribution in [1.29, 1.82) is 0 Å². The largest absolute Gasteiger partial charge is 0.457 e. The molecule has 4 heterocycles. The number of imidazole rings is 1. The van der Waals surface area contributed by atoms with Gasteiger partial charge in [-0.2, -0.15) is 0 Å². The van der Waals surface area contributed by atoms with Gasteiger partial charge in [0, 0.05) is 79.7 Å². The molecule has 1 N–H and O–H groups in total. The van der Waals surface area contributed by atoms with E-state index in [1.165, 1.54) is 25.0 Å². The first-order valence-electron chi connectivity index (χ1n) is 22.7. The van der Waals surface area contributed by atoms with Crippen LogP contribution in [-0.4, -0.2) is 123 Å². The number of amides is 4. The average molecular weight is 970 g/mol. The number of halogens is 3. The second-order valence-corrected chi connectivity index (χ2v) is 19.1. The topological polar surface area (TPSA) is 142 Å². The number of ether oxygens (including phenoxy) is 2. The first-order valence-corrected chi connectivity index (χ1v) is 23.4. The fraction of sp³-hybridized carbons (Fsp3) is 0.412. The number of pyridine rings is 1. The molecule has 3 aromatic carbocycles. The van der Waals surface area contributed by atoms with Gasteiger partial charge >= 0.3 is 0 Å². The molecule has 2 saturated heterocycles. The number of methoxy groups -OCH3 is 1. The highest BCUT2D eigenvalue weighted by Crippen LogP contribution is 2.36. The van der Waals surface area contributed by atoms with Gasteiger partial charge in [-0.1, -0.05) is 41.4 Å². The smallest absolute Gasteiger partial charge is 0.247 e. The van der Waals surface area contributed by atoms with Crippen LogP contribution in [0.5, 0.6) is 11.5 Å². The highest BCUT2D eigenvalue weighted by molar-refractivity contribution is 6.31. The van der Waals surface area contributed by atoms with Crippen molar-refractivity contribution in [2.45, 2.75) is 76.7 Å². The Hall–Kier alpha value is -5.87. The molecule has 0 spiro atoms. The van der Waals surface area contributed by atoms with Gasteiger partial charge in [-0.15, -0.1) is 0 Å². The maximum Gasteiger partial charge on any atom is 0.247 e. The van der Waals surface area contributed by atoms with Gasteiger partial charge in [0.2, 0.25) is 23.6 Å². The lowest BCUT2D eigenvalue weighted by molar-refractivity contribution is -0.153. The molecule has 4 atom stereocenters. The van der Waals surface area contributed by atoms with Gasteiger partial charge in [-0.05, 0) is 113 Å². The van der Waals surface area contributed by atoms with E-state index in [0.717, 1.165) is 34.4 Å². The summed E-state index contributed by atoms with van der Waals surface area (Å²) in [6, 6.07) is 20.2. The van der Waals surface area contributed by atoms with Gasteiger partial charge in [0.25, 0.3) is 0 Å². The molecule has 0 unspecified atom stereocenters. The number of nitrogens with one attached hydrogen (secondary N) is 1. The number of hydrogen-bond acceptors (Lipinski definition) is 9. The minimum atomic E-state index is -1.28. The quantitative estimate of drug-likeness (QED) is 0.129. The zero-order valence-corrected chi connectivity index (χ0v) is 41.1. The summed E-state index contributed by atoms with van der Waals surface area (Å²) >= 11 is 12.7. The minimum absolute atomic E-state index is 0.0207. The van der Waals surface area contributed by atoms with Crippen molar-refractivity contribution < 1.29 is 33.0 Å². The molecular formula is C51H59Cl2FN8O6. The zero-order valence-electron chi connectivity index (χ0n) is 39.6. The van der Waals surface area contributed by atoms with Crippen molar-refractivity contribution in [2.75, 3.05) is 47.9 Å². The van der Waals surface area contributed by atoms with Crippen molar-refractivity contribution >= 4 is 46.8 Å². The van der Waals surface area contributed by atoms with Crippen molar-refractivity contribution in [3.8, 4) is 22.8 Å². The van der Waals surface area contributed by atoms with Crippen LogP contribution in [0.2, 0.25) is 10.0 Å². The van der Waals surface area contributed by atoms with E-state index in [2.05, 4.69) is 10.3 Å². The Morgan fingerprint density at radius 3 is 2.38 bits per heavy atom. The van der Waals surface area contributed by atoms with Crippen LogP contribution < -0.4 is 10.1 Å². The molecule has 2 aliphatic rings. The third kappa shape index (κ3) is 11.5. The van der Waals surface area contributed by atoms with E-state index in [4.69, 9.17) is 37.7 Å². The van der Waals surface area contributed by atoms with Gasteiger partial charge in [-0.25, -0.2) is 9.37 Å². The van der Waals surface area contributed by atoms with Crippen molar-refractivity contribution in [3.05, 3.63) is 129 Å². The summed E-state index contributed by atoms with van der Waals surface area (Å²) in [4.78, 5) is 75.3. The molecule has 68 heavy (non-hydrogen) atoms. The lowest BCUT2D eigenvalue weighted by Gasteiger charge is -2.50. The molecule has 2 fully saturated rings. The normalized spacial score (nSPS) is 20.8. The number of piperidine rings is 1. The molecule has 2 aliphatic heterocycles. The second-order valence-electron chi connectivity index (χ2n) is 18.2. The molecule has 7 rings (SSSR count). The number of fused-ring (bicyclic) bond motifs is 2. The Balaban J connectivity index is 1.26. The van der Waals surface area contributed by atoms with Gasteiger partial charge in [-0.3, -0.25) is 24.2 Å². The maximum absolute atomic E-state index is 16.4. The van der Waals surface area contributed by atoms with Gasteiger partial charge in [0.05, 0.1) is 43.0 Å². The van der Waals surface area contributed by atoms with Crippen LogP contribution >= 0.6 is 23.2 Å². The molecule has 360 valence electrons. The highest BCUT2D eigenvalue weighted by atomic mass is 35.5. The first kappa shape index (κ1) is 50.0. The van der Waals surface area contributed by atoms with E-state index in [1.54, 1.807) is 47.3 Å². The molecule has 0 aliphatic carbocycles. The van der Waals surface area contributed by atoms with Crippen molar-refractivity contribution in [2.24, 2.45) is 13.0 Å². The summed E-state index contributed by atoms with van der Waals surface area (Å²) in [5.74, 6) is -2.45. The summed E-state index contributed by atoms with van der Waals surface area (Å²) < 4.78 is 30.2.